The summed E-state index contributed by atoms with van der Waals surface area (Å²) >= 11 is 0. The number of halogens is 7. The largest absolute Gasteiger partial charge is 0.460 e. The van der Waals surface area contributed by atoms with Crippen LogP contribution in [0.25, 0.3) is 0 Å². The molecule has 30 heavy (non-hydrogen) atoms. The quantitative estimate of drug-likeness (QED) is 0.160. The molecule has 0 heterocycles. The van der Waals surface area contributed by atoms with Gasteiger partial charge in [0.15, 0.2) is 6.61 Å². The Bertz CT molecular complexity index is 508. The summed E-state index contributed by atoms with van der Waals surface area (Å²) in [6.45, 7) is 2.44. The maximum Gasteiger partial charge on any atom is 0.460 e. The molecule has 0 aliphatic carbocycles. The van der Waals surface area contributed by atoms with E-state index in [0.29, 0.717) is 13.0 Å². The van der Waals surface area contributed by atoms with Gasteiger partial charge in [0.2, 0.25) is 6.08 Å². The fraction of sp³-hybridized carbons (Fsp3) is 0.889. The van der Waals surface area contributed by atoms with E-state index >= 15 is 0 Å². The molecule has 0 spiro atoms. The minimum atomic E-state index is -6.43. The first-order valence-electron chi connectivity index (χ1n) is 9.64. The summed E-state index contributed by atoms with van der Waals surface area (Å²) < 4.78 is 89.6. The summed E-state index contributed by atoms with van der Waals surface area (Å²) in [6, 6.07) is 0. The molecular weight excluding hydrogens is 425 g/mol. The SMILES string of the molecule is CCCCCCN=C=O.CCCCCCNC(=O)OCC(F)(F)C(F)(F)C(F)(F)F. The van der Waals surface area contributed by atoms with Gasteiger partial charge in [0.05, 0.1) is 6.54 Å². The number of hydrogen-bond acceptors (Lipinski definition) is 4. The molecule has 0 saturated heterocycles. The van der Waals surface area contributed by atoms with Gasteiger partial charge >= 0.3 is 24.1 Å². The standard InChI is InChI=1S/C11H16F7NO2.C7H13NO/c1-2-3-4-5-6-19-8(20)21-7-9(12,13)10(14,15)11(16,17)18;1-2-3-4-5-6-8-7-9/h2-7H2,1H3,(H,19,20);2-6H2,1H3. The number of carbonyl (C=O) groups is 1. The van der Waals surface area contributed by atoms with Crippen LogP contribution in [-0.4, -0.2) is 49.9 Å². The second-order valence-electron chi connectivity index (χ2n) is 6.37. The third-order valence-corrected chi connectivity index (χ3v) is 3.69. The van der Waals surface area contributed by atoms with E-state index in [1.165, 1.54) is 25.3 Å². The summed E-state index contributed by atoms with van der Waals surface area (Å²) in [5.41, 5.74) is 0. The van der Waals surface area contributed by atoms with Crippen LogP contribution in [0.15, 0.2) is 4.99 Å². The highest BCUT2D eigenvalue weighted by Gasteiger charge is 2.73. The van der Waals surface area contributed by atoms with Crippen molar-refractivity contribution in [2.45, 2.75) is 83.2 Å². The molecule has 0 rings (SSSR count). The molecule has 0 aromatic rings. The Morgan fingerprint density at radius 2 is 1.43 bits per heavy atom. The smallest absolute Gasteiger partial charge is 0.443 e. The summed E-state index contributed by atoms with van der Waals surface area (Å²) in [6.07, 6.45) is 1.36. The number of carbonyl (C=O) groups excluding carboxylic acids is 2. The van der Waals surface area contributed by atoms with E-state index in [0.717, 1.165) is 25.7 Å². The molecule has 0 bridgehead atoms. The molecule has 0 aromatic heterocycles. The molecule has 0 aliphatic rings. The van der Waals surface area contributed by atoms with Crippen molar-refractivity contribution in [2.75, 3.05) is 19.7 Å². The van der Waals surface area contributed by atoms with Gasteiger partial charge in [-0.15, -0.1) is 0 Å². The van der Waals surface area contributed by atoms with Crippen molar-refractivity contribution in [1.82, 2.24) is 5.32 Å². The van der Waals surface area contributed by atoms with Crippen LogP contribution in [0.3, 0.4) is 0 Å². The van der Waals surface area contributed by atoms with Gasteiger partial charge in [-0.3, -0.25) is 0 Å². The summed E-state index contributed by atoms with van der Waals surface area (Å²) in [5, 5.41) is 1.98. The topological polar surface area (TPSA) is 67.8 Å². The van der Waals surface area contributed by atoms with Gasteiger partial charge in [-0.05, 0) is 12.8 Å². The average Bonchev–Trinajstić information content (AvgIpc) is 2.66. The van der Waals surface area contributed by atoms with E-state index in [4.69, 9.17) is 0 Å². The number of amides is 1. The lowest BCUT2D eigenvalue weighted by atomic mass is 10.2. The van der Waals surface area contributed by atoms with Crippen molar-refractivity contribution >= 4 is 12.2 Å². The molecule has 1 N–H and O–H groups in total. The highest BCUT2D eigenvalue weighted by atomic mass is 19.4. The molecule has 0 atom stereocenters. The van der Waals surface area contributed by atoms with Crippen molar-refractivity contribution in [3.8, 4) is 0 Å². The van der Waals surface area contributed by atoms with Gasteiger partial charge in [-0.2, -0.15) is 30.7 Å². The molecule has 0 saturated carbocycles. The predicted molar refractivity (Wildman–Crippen MR) is 96.6 cm³/mol. The van der Waals surface area contributed by atoms with E-state index in [-0.39, 0.29) is 6.54 Å². The maximum atomic E-state index is 12.8. The first kappa shape index (κ1) is 30.4. The van der Waals surface area contributed by atoms with Gasteiger partial charge < -0.3 is 10.1 Å². The molecular formula is C18H29F7N2O3. The summed E-state index contributed by atoms with van der Waals surface area (Å²) in [7, 11) is 0. The minimum Gasteiger partial charge on any atom is -0.443 e. The van der Waals surface area contributed by atoms with Gasteiger partial charge in [0.1, 0.15) is 0 Å². The second kappa shape index (κ2) is 15.9. The van der Waals surface area contributed by atoms with Crippen LogP contribution in [0, 0.1) is 0 Å². The Morgan fingerprint density at radius 1 is 0.900 bits per heavy atom. The van der Waals surface area contributed by atoms with Crippen LogP contribution < -0.4 is 5.32 Å². The first-order valence-corrected chi connectivity index (χ1v) is 9.64. The molecule has 0 fully saturated rings. The van der Waals surface area contributed by atoms with Crippen LogP contribution in [0.5, 0.6) is 0 Å². The maximum absolute atomic E-state index is 12.8. The van der Waals surface area contributed by atoms with Crippen LogP contribution in [0.2, 0.25) is 0 Å². The molecule has 0 aliphatic heterocycles. The molecule has 0 radical (unpaired) electrons. The zero-order valence-electron chi connectivity index (χ0n) is 17.1. The monoisotopic (exact) mass is 454 g/mol. The van der Waals surface area contributed by atoms with E-state index in [1.54, 1.807) is 0 Å². The van der Waals surface area contributed by atoms with E-state index in [2.05, 4.69) is 16.7 Å². The molecule has 0 unspecified atom stereocenters. The van der Waals surface area contributed by atoms with Crippen molar-refractivity contribution in [3.05, 3.63) is 0 Å². The fourth-order valence-electron chi connectivity index (χ4n) is 1.91. The number of alkyl carbamates (subject to hydrolysis) is 1. The zero-order valence-corrected chi connectivity index (χ0v) is 17.1. The van der Waals surface area contributed by atoms with Crippen molar-refractivity contribution in [3.63, 3.8) is 0 Å². The highest BCUT2D eigenvalue weighted by molar-refractivity contribution is 5.67. The Labute approximate surface area is 171 Å². The number of unbranched alkanes of at least 4 members (excludes halogenated alkanes) is 6. The van der Waals surface area contributed by atoms with Crippen LogP contribution in [0.1, 0.15) is 65.2 Å². The van der Waals surface area contributed by atoms with Gasteiger partial charge in [0, 0.05) is 6.54 Å². The van der Waals surface area contributed by atoms with Crippen LogP contribution >= 0.6 is 0 Å². The number of aliphatic imine (C=N–C) groups is 1. The number of nitrogens with zero attached hydrogens (tertiary/aromatic N) is 1. The van der Waals surface area contributed by atoms with E-state index in [9.17, 15) is 40.3 Å². The summed E-state index contributed by atoms with van der Waals surface area (Å²) in [4.78, 5) is 23.9. The second-order valence-corrected chi connectivity index (χ2v) is 6.37. The lowest BCUT2D eigenvalue weighted by Crippen LogP contribution is -2.54. The van der Waals surface area contributed by atoms with E-state index < -0.39 is 30.7 Å². The number of nitrogens with one attached hydrogen (secondary N) is 1. The number of isocyanates is 1. The molecule has 0 aromatic carbocycles. The number of alkyl halides is 7. The van der Waals surface area contributed by atoms with Crippen molar-refractivity contribution in [1.29, 1.82) is 0 Å². The van der Waals surface area contributed by atoms with Gasteiger partial charge in [-0.25, -0.2) is 14.6 Å². The van der Waals surface area contributed by atoms with Crippen LogP contribution in [-0.2, 0) is 9.53 Å². The van der Waals surface area contributed by atoms with Crippen molar-refractivity contribution < 1.29 is 45.1 Å². The Balaban J connectivity index is 0. The third kappa shape index (κ3) is 13.4. The van der Waals surface area contributed by atoms with Crippen molar-refractivity contribution in [2.24, 2.45) is 4.99 Å². The Morgan fingerprint density at radius 3 is 1.90 bits per heavy atom. The number of rotatable bonds is 13. The van der Waals surface area contributed by atoms with Crippen LogP contribution in [0.4, 0.5) is 35.5 Å². The lowest BCUT2D eigenvalue weighted by Gasteiger charge is -2.27. The minimum absolute atomic E-state index is 0.0556. The highest BCUT2D eigenvalue weighted by Crippen LogP contribution is 2.46. The Hall–Kier alpha value is -1.84. The predicted octanol–water partition coefficient (Wildman–Crippen LogP) is 6.03. The lowest BCUT2D eigenvalue weighted by molar-refractivity contribution is -0.359. The summed E-state index contributed by atoms with van der Waals surface area (Å²) in [5.74, 6) is -11.8. The number of ether oxygens (including phenoxy) is 1. The number of hydrogen-bond donors (Lipinski definition) is 1. The molecule has 178 valence electrons. The Kier molecular flexibility index (Phi) is 16.1. The van der Waals surface area contributed by atoms with Gasteiger partial charge in [-0.1, -0.05) is 52.4 Å². The third-order valence-electron chi connectivity index (χ3n) is 3.69. The van der Waals surface area contributed by atoms with Gasteiger partial charge in [0.25, 0.3) is 0 Å². The molecule has 1 amide bonds. The normalized spacial score (nSPS) is 11.8. The average molecular weight is 454 g/mol. The first-order chi connectivity index (χ1) is 13.9. The fourth-order valence-corrected chi connectivity index (χ4v) is 1.91. The molecule has 12 heteroatoms. The van der Waals surface area contributed by atoms with E-state index in [1.807, 2.05) is 12.2 Å². The molecule has 5 nitrogen and oxygen atoms in total. The zero-order chi connectivity index (χ0) is 23.7.